The van der Waals surface area contributed by atoms with Gasteiger partial charge in [0.25, 0.3) is 15.7 Å². The third-order valence-electron chi connectivity index (χ3n) is 4.00. The van der Waals surface area contributed by atoms with Crippen LogP contribution < -0.4 is 10.0 Å². The lowest BCUT2D eigenvalue weighted by atomic mass is 10.2. The fourth-order valence-electron chi connectivity index (χ4n) is 2.55. The highest BCUT2D eigenvalue weighted by Gasteiger charge is 2.19. The summed E-state index contributed by atoms with van der Waals surface area (Å²) in [6, 6.07) is 15.6. The number of nitro benzene ring substituents is 1. The van der Waals surface area contributed by atoms with E-state index in [9.17, 15) is 22.9 Å². The lowest BCUT2D eigenvalue weighted by molar-refractivity contribution is -0.385. The maximum atomic E-state index is 13.3. The van der Waals surface area contributed by atoms with Gasteiger partial charge < -0.3 is 5.32 Å². The van der Waals surface area contributed by atoms with E-state index in [1.165, 1.54) is 36.4 Å². The van der Waals surface area contributed by atoms with E-state index in [-0.39, 0.29) is 22.2 Å². The minimum atomic E-state index is -4.04. The molecule has 3 aromatic rings. The van der Waals surface area contributed by atoms with Crippen LogP contribution in [0.4, 0.5) is 21.5 Å². The average molecular weight is 436 g/mol. The Hall–Kier alpha value is -3.17. The molecular formula is C19H15ClFN3O4S. The molecule has 0 radical (unpaired) electrons. The Morgan fingerprint density at radius 2 is 1.79 bits per heavy atom. The van der Waals surface area contributed by atoms with Gasteiger partial charge in [0.1, 0.15) is 5.82 Å². The van der Waals surface area contributed by atoms with Crippen molar-refractivity contribution in [3.8, 4) is 0 Å². The lowest BCUT2D eigenvalue weighted by Gasteiger charge is -2.14. The zero-order valence-corrected chi connectivity index (χ0v) is 16.4. The zero-order valence-electron chi connectivity index (χ0n) is 14.8. The summed E-state index contributed by atoms with van der Waals surface area (Å²) < 4.78 is 41.1. The van der Waals surface area contributed by atoms with Crippen LogP contribution in [-0.4, -0.2) is 13.3 Å². The fraction of sp³-hybridized carbons (Fsp3) is 0.0526. The van der Waals surface area contributed by atoms with Crippen LogP contribution in [0, 0.1) is 15.9 Å². The number of nitrogens with zero attached hydrogens (tertiary/aromatic N) is 1. The standard InChI is InChI=1S/C19H15ClFN3O4S/c20-17-10-14(8-9-18(17)21)22-12-13-4-1-2-7-19(13)23-29(27,28)16-6-3-5-15(11-16)24(25)26/h1-11,22-23H,12H2. The molecule has 2 N–H and O–H groups in total. The smallest absolute Gasteiger partial charge is 0.270 e. The van der Waals surface area contributed by atoms with Gasteiger partial charge in [0.2, 0.25) is 0 Å². The van der Waals surface area contributed by atoms with Gasteiger partial charge >= 0.3 is 0 Å². The molecule has 0 heterocycles. The highest BCUT2D eigenvalue weighted by atomic mass is 35.5. The number of non-ortho nitro benzene ring substituents is 1. The SMILES string of the molecule is O=[N+]([O-])c1cccc(S(=O)(=O)Nc2ccccc2CNc2ccc(F)c(Cl)c2)c1. The Morgan fingerprint density at radius 3 is 2.52 bits per heavy atom. The van der Waals surface area contributed by atoms with Crippen LogP contribution in [0.3, 0.4) is 0 Å². The third-order valence-corrected chi connectivity index (χ3v) is 5.66. The molecule has 10 heteroatoms. The maximum Gasteiger partial charge on any atom is 0.270 e. The van der Waals surface area contributed by atoms with Crippen molar-refractivity contribution in [1.29, 1.82) is 0 Å². The minimum absolute atomic E-state index is 0.0327. The van der Waals surface area contributed by atoms with Crippen LogP contribution in [0.1, 0.15) is 5.56 Å². The molecule has 0 aliphatic carbocycles. The first-order valence-electron chi connectivity index (χ1n) is 8.30. The Kier molecular flexibility index (Phi) is 6.00. The number of benzene rings is 3. The molecule has 0 unspecified atom stereocenters. The molecule has 0 aromatic heterocycles. The maximum absolute atomic E-state index is 13.3. The van der Waals surface area contributed by atoms with Crippen molar-refractivity contribution in [2.45, 2.75) is 11.4 Å². The topological polar surface area (TPSA) is 101 Å². The van der Waals surface area contributed by atoms with Crippen molar-refractivity contribution >= 4 is 38.7 Å². The zero-order chi connectivity index (χ0) is 21.0. The van der Waals surface area contributed by atoms with Crippen molar-refractivity contribution in [3.63, 3.8) is 0 Å². The molecule has 0 bridgehead atoms. The Balaban J connectivity index is 1.82. The van der Waals surface area contributed by atoms with Gasteiger partial charge in [-0.15, -0.1) is 0 Å². The number of nitro groups is 1. The van der Waals surface area contributed by atoms with E-state index in [1.807, 2.05) is 0 Å². The van der Waals surface area contributed by atoms with E-state index in [4.69, 9.17) is 11.6 Å². The van der Waals surface area contributed by atoms with E-state index in [2.05, 4.69) is 10.0 Å². The van der Waals surface area contributed by atoms with E-state index in [1.54, 1.807) is 24.3 Å². The predicted octanol–water partition coefficient (Wildman–Crippen LogP) is 4.80. The van der Waals surface area contributed by atoms with Crippen LogP contribution in [0.25, 0.3) is 0 Å². The van der Waals surface area contributed by atoms with Gasteiger partial charge in [0.05, 0.1) is 20.5 Å². The minimum Gasteiger partial charge on any atom is -0.381 e. The lowest BCUT2D eigenvalue weighted by Crippen LogP contribution is -2.15. The summed E-state index contributed by atoms with van der Waals surface area (Å²) in [7, 11) is -4.04. The molecule has 0 spiro atoms. The van der Waals surface area contributed by atoms with Gasteiger partial charge in [-0.2, -0.15) is 0 Å². The Morgan fingerprint density at radius 1 is 1.03 bits per heavy atom. The second-order valence-corrected chi connectivity index (χ2v) is 8.09. The van der Waals surface area contributed by atoms with Gasteiger partial charge in [0, 0.05) is 24.4 Å². The Bertz CT molecular complexity index is 1170. The molecule has 3 aromatic carbocycles. The van der Waals surface area contributed by atoms with Crippen LogP contribution in [0.2, 0.25) is 5.02 Å². The molecule has 0 amide bonds. The molecule has 150 valence electrons. The van der Waals surface area contributed by atoms with Crippen LogP contribution in [0.15, 0.2) is 71.6 Å². The highest BCUT2D eigenvalue weighted by Crippen LogP contribution is 2.24. The normalized spacial score (nSPS) is 11.1. The number of anilines is 2. The van der Waals surface area contributed by atoms with E-state index < -0.39 is 20.8 Å². The van der Waals surface area contributed by atoms with Gasteiger partial charge in [-0.05, 0) is 35.9 Å². The van der Waals surface area contributed by atoms with Crippen molar-refractivity contribution in [2.24, 2.45) is 0 Å². The largest absolute Gasteiger partial charge is 0.381 e. The summed E-state index contributed by atoms with van der Waals surface area (Å²) in [6.45, 7) is 0.232. The molecule has 29 heavy (non-hydrogen) atoms. The van der Waals surface area contributed by atoms with Gasteiger partial charge in [-0.1, -0.05) is 35.9 Å². The second kappa shape index (κ2) is 8.46. The summed E-state index contributed by atoms with van der Waals surface area (Å²) in [5, 5.41) is 13.9. The van der Waals surface area contributed by atoms with Crippen molar-refractivity contribution in [2.75, 3.05) is 10.0 Å². The number of hydrogen-bond acceptors (Lipinski definition) is 5. The van der Waals surface area contributed by atoms with Crippen LogP contribution in [-0.2, 0) is 16.6 Å². The third kappa shape index (κ3) is 5.01. The highest BCUT2D eigenvalue weighted by molar-refractivity contribution is 7.92. The Labute approximate surface area is 171 Å². The number of sulfonamides is 1. The quantitative estimate of drug-likeness (QED) is 0.410. The molecule has 7 nitrogen and oxygen atoms in total. The second-order valence-electron chi connectivity index (χ2n) is 6.00. The van der Waals surface area contributed by atoms with Crippen LogP contribution >= 0.6 is 11.6 Å². The van der Waals surface area contributed by atoms with Crippen LogP contribution in [0.5, 0.6) is 0 Å². The average Bonchev–Trinajstić information content (AvgIpc) is 2.69. The van der Waals surface area contributed by atoms with E-state index >= 15 is 0 Å². The molecule has 3 rings (SSSR count). The summed E-state index contributed by atoms with van der Waals surface area (Å²) in [6.07, 6.45) is 0. The molecule has 0 saturated carbocycles. The number of para-hydroxylation sites is 1. The first-order valence-corrected chi connectivity index (χ1v) is 10.2. The monoisotopic (exact) mass is 435 g/mol. The van der Waals surface area contributed by atoms with Gasteiger partial charge in [-0.25, -0.2) is 12.8 Å². The molecule has 0 aliphatic heterocycles. The van der Waals surface area contributed by atoms with E-state index in [0.717, 1.165) is 6.07 Å². The van der Waals surface area contributed by atoms with Crippen molar-refractivity contribution in [3.05, 3.63) is 93.2 Å². The molecule has 0 fully saturated rings. The summed E-state index contributed by atoms with van der Waals surface area (Å²) >= 11 is 5.76. The van der Waals surface area contributed by atoms with Gasteiger partial charge in [-0.3, -0.25) is 14.8 Å². The molecule has 0 saturated heterocycles. The van der Waals surface area contributed by atoms with Crippen molar-refractivity contribution < 1.29 is 17.7 Å². The summed E-state index contributed by atoms with van der Waals surface area (Å²) in [4.78, 5) is 10.0. The number of rotatable bonds is 7. The molecule has 0 atom stereocenters. The number of nitrogens with one attached hydrogen (secondary N) is 2. The van der Waals surface area contributed by atoms with E-state index in [0.29, 0.717) is 16.9 Å². The number of hydrogen-bond donors (Lipinski definition) is 2. The molecular weight excluding hydrogens is 421 g/mol. The first kappa shape index (κ1) is 20.6. The molecule has 0 aliphatic rings. The fourth-order valence-corrected chi connectivity index (χ4v) is 3.87. The summed E-state index contributed by atoms with van der Waals surface area (Å²) in [5.41, 5.74) is 1.16. The predicted molar refractivity (Wildman–Crippen MR) is 109 cm³/mol. The summed E-state index contributed by atoms with van der Waals surface area (Å²) in [5.74, 6) is -0.540. The van der Waals surface area contributed by atoms with Crippen molar-refractivity contribution in [1.82, 2.24) is 0 Å². The van der Waals surface area contributed by atoms with Gasteiger partial charge in [0.15, 0.2) is 0 Å². The number of halogens is 2. The first-order chi connectivity index (χ1) is 13.8.